The van der Waals surface area contributed by atoms with Crippen LogP contribution >= 0.6 is 0 Å². The third kappa shape index (κ3) is 4.55. The molecule has 1 atom stereocenters. The van der Waals surface area contributed by atoms with Crippen molar-refractivity contribution in [3.05, 3.63) is 59.5 Å². The van der Waals surface area contributed by atoms with Crippen LogP contribution in [0.25, 0.3) is 0 Å². The summed E-state index contributed by atoms with van der Waals surface area (Å²) in [6.45, 7) is 8.62. The molecule has 2 aromatic rings. The van der Waals surface area contributed by atoms with Crippen molar-refractivity contribution in [3.63, 3.8) is 0 Å². The maximum atomic E-state index is 12.9. The van der Waals surface area contributed by atoms with Crippen LogP contribution in [0.3, 0.4) is 0 Å². The Bertz CT molecular complexity index is 568. The Morgan fingerprint density at radius 1 is 1.10 bits per heavy atom. The number of anilines is 1. The molecule has 0 aliphatic carbocycles. The molecule has 0 aliphatic heterocycles. The minimum Gasteiger partial charge on any atom is -0.367 e. The molecular weight excluding hydrogens is 263 g/mol. The van der Waals surface area contributed by atoms with Crippen molar-refractivity contribution >= 4 is 5.82 Å². The van der Waals surface area contributed by atoms with E-state index in [0.29, 0.717) is 0 Å². The quantitative estimate of drug-likeness (QED) is 0.891. The lowest BCUT2D eigenvalue weighted by Gasteiger charge is -2.19. The van der Waals surface area contributed by atoms with Gasteiger partial charge < -0.3 is 5.32 Å². The van der Waals surface area contributed by atoms with Gasteiger partial charge in [-0.05, 0) is 48.1 Å². The lowest BCUT2D eigenvalue weighted by atomic mass is 9.88. The number of rotatable bonds is 4. The van der Waals surface area contributed by atoms with Crippen molar-refractivity contribution in [3.8, 4) is 0 Å². The third-order valence-electron chi connectivity index (χ3n) is 3.48. The topological polar surface area (TPSA) is 24.9 Å². The summed E-state index contributed by atoms with van der Waals surface area (Å²) in [6.07, 6.45) is 2.76. The summed E-state index contributed by atoms with van der Waals surface area (Å²) in [5.41, 5.74) is 2.45. The number of pyridine rings is 1. The number of hydrogen-bond acceptors (Lipinski definition) is 2. The highest BCUT2D eigenvalue weighted by Gasteiger charge is 2.14. The van der Waals surface area contributed by atoms with Gasteiger partial charge in [0.2, 0.25) is 0 Å². The summed E-state index contributed by atoms with van der Waals surface area (Å²) in [5.74, 6) is 0.677. The fraction of sp³-hybridized carbons (Fsp3) is 0.389. The molecule has 1 heterocycles. The molecule has 0 saturated heterocycles. The molecular formula is C18H23FN2. The highest BCUT2D eigenvalue weighted by atomic mass is 19.1. The first-order valence-corrected chi connectivity index (χ1v) is 7.32. The summed E-state index contributed by atoms with van der Waals surface area (Å²) in [6, 6.07) is 11.0. The Hall–Kier alpha value is -1.90. The molecule has 0 bridgehead atoms. The van der Waals surface area contributed by atoms with Gasteiger partial charge in [-0.1, -0.05) is 39.0 Å². The fourth-order valence-electron chi connectivity index (χ4n) is 2.20. The summed E-state index contributed by atoms with van der Waals surface area (Å²) < 4.78 is 12.9. The van der Waals surface area contributed by atoms with Gasteiger partial charge in [-0.15, -0.1) is 0 Å². The van der Waals surface area contributed by atoms with Crippen LogP contribution < -0.4 is 5.32 Å². The van der Waals surface area contributed by atoms with Crippen molar-refractivity contribution in [1.29, 1.82) is 0 Å². The van der Waals surface area contributed by atoms with Gasteiger partial charge in [0.05, 0.1) is 0 Å². The van der Waals surface area contributed by atoms with Gasteiger partial charge in [-0.2, -0.15) is 0 Å². The number of hydrogen-bond donors (Lipinski definition) is 1. The first-order chi connectivity index (χ1) is 9.84. The highest BCUT2D eigenvalue weighted by molar-refractivity contribution is 5.38. The van der Waals surface area contributed by atoms with Crippen LogP contribution in [0.5, 0.6) is 0 Å². The molecule has 1 aromatic carbocycles. The highest BCUT2D eigenvalue weighted by Crippen LogP contribution is 2.22. The van der Waals surface area contributed by atoms with Gasteiger partial charge in [-0.3, -0.25) is 0 Å². The monoisotopic (exact) mass is 286 g/mol. The molecule has 0 amide bonds. The van der Waals surface area contributed by atoms with Crippen LogP contribution in [0.15, 0.2) is 42.6 Å². The van der Waals surface area contributed by atoms with Gasteiger partial charge >= 0.3 is 0 Å². The zero-order valence-corrected chi connectivity index (χ0v) is 13.2. The van der Waals surface area contributed by atoms with E-state index >= 15 is 0 Å². The molecule has 0 spiro atoms. The molecule has 0 radical (unpaired) electrons. The SMILES string of the molecule is CC(Cc1ccc(F)cc1)Nc1ccc(C(C)(C)C)cn1. The maximum absolute atomic E-state index is 12.9. The van der Waals surface area contributed by atoms with Gasteiger partial charge in [0, 0.05) is 12.2 Å². The Balaban J connectivity index is 1.96. The van der Waals surface area contributed by atoms with E-state index < -0.39 is 0 Å². The van der Waals surface area contributed by atoms with Crippen LogP contribution in [0.4, 0.5) is 10.2 Å². The number of halogens is 1. The van der Waals surface area contributed by atoms with Gasteiger partial charge in [0.15, 0.2) is 0 Å². The summed E-state index contributed by atoms with van der Waals surface area (Å²) in [4.78, 5) is 4.47. The van der Waals surface area contributed by atoms with Gasteiger partial charge in [0.25, 0.3) is 0 Å². The molecule has 2 rings (SSSR count). The van der Waals surface area contributed by atoms with Crippen molar-refractivity contribution in [2.45, 2.75) is 45.6 Å². The predicted molar refractivity (Wildman–Crippen MR) is 86.1 cm³/mol. The number of aromatic nitrogens is 1. The van der Waals surface area contributed by atoms with E-state index in [9.17, 15) is 4.39 Å². The average molecular weight is 286 g/mol. The molecule has 3 heteroatoms. The summed E-state index contributed by atoms with van der Waals surface area (Å²) in [5, 5.41) is 3.38. The Kier molecular flexibility index (Phi) is 4.61. The smallest absolute Gasteiger partial charge is 0.126 e. The molecule has 0 fully saturated rings. The summed E-state index contributed by atoms with van der Waals surface area (Å²) >= 11 is 0. The van der Waals surface area contributed by atoms with E-state index in [4.69, 9.17) is 0 Å². The molecule has 1 aromatic heterocycles. The van der Waals surface area contributed by atoms with E-state index in [1.807, 2.05) is 24.4 Å². The Morgan fingerprint density at radius 3 is 2.29 bits per heavy atom. The molecule has 1 N–H and O–H groups in total. The van der Waals surface area contributed by atoms with Crippen LogP contribution in [0.2, 0.25) is 0 Å². The van der Waals surface area contributed by atoms with E-state index in [0.717, 1.165) is 17.8 Å². The zero-order chi connectivity index (χ0) is 15.5. The molecule has 112 valence electrons. The maximum Gasteiger partial charge on any atom is 0.126 e. The van der Waals surface area contributed by atoms with E-state index in [-0.39, 0.29) is 17.3 Å². The number of nitrogens with zero attached hydrogens (tertiary/aromatic N) is 1. The van der Waals surface area contributed by atoms with Crippen molar-refractivity contribution in [1.82, 2.24) is 4.98 Å². The van der Waals surface area contributed by atoms with Crippen molar-refractivity contribution < 1.29 is 4.39 Å². The zero-order valence-electron chi connectivity index (χ0n) is 13.2. The predicted octanol–water partition coefficient (Wildman–Crippen LogP) is 4.56. The molecule has 1 unspecified atom stereocenters. The largest absolute Gasteiger partial charge is 0.367 e. The number of nitrogens with one attached hydrogen (secondary N) is 1. The van der Waals surface area contributed by atoms with Gasteiger partial charge in [0.1, 0.15) is 11.6 Å². The first-order valence-electron chi connectivity index (χ1n) is 7.32. The minimum atomic E-state index is -0.196. The van der Waals surface area contributed by atoms with E-state index in [1.54, 1.807) is 0 Å². The third-order valence-corrected chi connectivity index (χ3v) is 3.48. The van der Waals surface area contributed by atoms with Crippen LogP contribution in [0, 0.1) is 5.82 Å². The molecule has 2 nitrogen and oxygen atoms in total. The van der Waals surface area contributed by atoms with Crippen molar-refractivity contribution in [2.75, 3.05) is 5.32 Å². The minimum absolute atomic E-state index is 0.116. The van der Waals surface area contributed by atoms with Gasteiger partial charge in [-0.25, -0.2) is 9.37 Å². The average Bonchev–Trinajstić information content (AvgIpc) is 2.41. The fourth-order valence-corrected chi connectivity index (χ4v) is 2.20. The van der Waals surface area contributed by atoms with Crippen LogP contribution in [-0.4, -0.2) is 11.0 Å². The Labute approximate surface area is 126 Å². The lowest BCUT2D eigenvalue weighted by molar-refractivity contribution is 0.587. The molecule has 0 aliphatic rings. The van der Waals surface area contributed by atoms with Crippen LogP contribution in [-0.2, 0) is 11.8 Å². The Morgan fingerprint density at radius 2 is 1.76 bits per heavy atom. The van der Waals surface area contributed by atoms with E-state index in [2.05, 4.69) is 44.1 Å². The van der Waals surface area contributed by atoms with E-state index in [1.165, 1.54) is 17.7 Å². The number of benzene rings is 1. The van der Waals surface area contributed by atoms with Crippen molar-refractivity contribution in [2.24, 2.45) is 0 Å². The standard InChI is InChI=1S/C18H23FN2/c1-13(11-14-5-8-16(19)9-6-14)21-17-10-7-15(12-20-17)18(2,3)4/h5-10,12-13H,11H2,1-4H3,(H,20,21). The second-order valence-electron chi connectivity index (χ2n) is 6.56. The molecule has 21 heavy (non-hydrogen) atoms. The normalized spacial score (nSPS) is 13.0. The van der Waals surface area contributed by atoms with Crippen LogP contribution in [0.1, 0.15) is 38.8 Å². The lowest BCUT2D eigenvalue weighted by Crippen LogP contribution is -2.19. The second-order valence-corrected chi connectivity index (χ2v) is 6.56. The first kappa shape index (κ1) is 15.5. The second kappa shape index (κ2) is 6.25. The molecule has 0 saturated carbocycles. The summed E-state index contributed by atoms with van der Waals surface area (Å²) in [7, 11) is 0.